The summed E-state index contributed by atoms with van der Waals surface area (Å²) in [5, 5.41) is 10.0. The van der Waals surface area contributed by atoms with Gasteiger partial charge in [0.2, 0.25) is 0 Å². The van der Waals surface area contributed by atoms with Gasteiger partial charge >= 0.3 is 5.97 Å². The summed E-state index contributed by atoms with van der Waals surface area (Å²) in [5.74, 6) is 3.56. The lowest BCUT2D eigenvalue weighted by molar-refractivity contribution is -0.130. The van der Waals surface area contributed by atoms with E-state index in [0.29, 0.717) is 5.22 Å². The number of carbonyl (C=O) groups is 1. The normalized spacial score (nSPS) is 18.2. The fraction of sp³-hybridized carbons (Fsp3) is 0.0556. The molecule has 0 aromatic heterocycles. The minimum Gasteiger partial charge on any atom is -0.478 e. The fourth-order valence-corrected chi connectivity index (χ4v) is 3.17. The van der Waals surface area contributed by atoms with Crippen LogP contribution in [0.4, 0.5) is 0 Å². The van der Waals surface area contributed by atoms with Crippen molar-refractivity contribution in [1.82, 2.24) is 0 Å². The van der Waals surface area contributed by atoms with E-state index in [1.165, 1.54) is 24.0 Å². The lowest BCUT2D eigenvalue weighted by atomic mass is 9.80. The van der Waals surface area contributed by atoms with Gasteiger partial charge in [0.15, 0.2) is 0 Å². The Hall–Kier alpha value is -3.77. The van der Waals surface area contributed by atoms with Crippen molar-refractivity contribution < 1.29 is 29.1 Å². The van der Waals surface area contributed by atoms with Crippen LogP contribution < -0.4 is 10.4 Å². The second-order valence-electron chi connectivity index (χ2n) is 5.06. The smallest absolute Gasteiger partial charge is 0.337 e. The summed E-state index contributed by atoms with van der Waals surface area (Å²) in [4.78, 5) is 57.0. The first-order chi connectivity index (χ1) is 11.6. The van der Waals surface area contributed by atoms with E-state index in [-0.39, 0.29) is 38.7 Å². The number of carbonyl (C=O) groups excluding carboxylic acids is 4. The molecule has 1 N–H and O–H groups in total. The number of hydrogen-bond acceptors (Lipinski definition) is 5. The van der Waals surface area contributed by atoms with Crippen LogP contribution in [0.5, 0.6) is 0 Å². The summed E-state index contributed by atoms with van der Waals surface area (Å²) < 4.78 is 0. The highest BCUT2D eigenvalue weighted by Crippen LogP contribution is 2.47. The van der Waals surface area contributed by atoms with Crippen LogP contribution in [-0.4, -0.2) is 34.8 Å². The van der Waals surface area contributed by atoms with Crippen molar-refractivity contribution in [2.24, 2.45) is 5.92 Å². The number of aliphatic carboxylic acids is 1. The number of allylic oxidation sites excluding steroid dienone is 3. The van der Waals surface area contributed by atoms with Crippen LogP contribution in [-0.2, 0) is 24.0 Å². The number of hydrogen-bond donors (Lipinski definition) is 1. The van der Waals surface area contributed by atoms with E-state index in [2.05, 4.69) is 0 Å². The zero-order valence-electron chi connectivity index (χ0n) is 11.9. The van der Waals surface area contributed by atoms with Crippen LogP contribution in [0.3, 0.4) is 0 Å². The summed E-state index contributed by atoms with van der Waals surface area (Å²) >= 11 is 0. The second-order valence-corrected chi connectivity index (χ2v) is 5.06. The Labute approximate surface area is 133 Å². The number of fused-ring (bicyclic) bond motifs is 2. The van der Waals surface area contributed by atoms with Crippen LogP contribution in [0.1, 0.15) is 0 Å². The van der Waals surface area contributed by atoms with Crippen molar-refractivity contribution in [2.45, 2.75) is 0 Å². The van der Waals surface area contributed by atoms with E-state index < -0.39 is 11.9 Å². The first-order valence-corrected chi connectivity index (χ1v) is 6.69. The minimum absolute atomic E-state index is 0.167. The molecule has 1 unspecified atom stereocenters. The summed E-state index contributed by atoms with van der Waals surface area (Å²) in [7, 11) is 0. The molecule has 0 amide bonds. The Morgan fingerprint density at radius 1 is 0.833 bits per heavy atom. The van der Waals surface area contributed by atoms with E-state index in [9.17, 15) is 29.1 Å². The van der Waals surface area contributed by atoms with Crippen LogP contribution in [0, 0.1) is 5.92 Å². The molecule has 3 rings (SSSR count). The van der Waals surface area contributed by atoms with Gasteiger partial charge < -0.3 is 5.11 Å². The van der Waals surface area contributed by atoms with Crippen molar-refractivity contribution in [1.29, 1.82) is 0 Å². The van der Waals surface area contributed by atoms with Crippen molar-refractivity contribution in [3.63, 3.8) is 0 Å². The highest BCUT2D eigenvalue weighted by molar-refractivity contribution is 6.21. The van der Waals surface area contributed by atoms with Gasteiger partial charge in [0, 0.05) is 0 Å². The van der Waals surface area contributed by atoms with Gasteiger partial charge in [-0.1, -0.05) is 24.3 Å². The second kappa shape index (κ2) is 5.45. The van der Waals surface area contributed by atoms with E-state index in [1.54, 1.807) is 24.0 Å². The predicted molar refractivity (Wildman–Crippen MR) is 80.5 cm³/mol. The van der Waals surface area contributed by atoms with Crippen molar-refractivity contribution >= 4 is 40.9 Å². The molecule has 0 saturated heterocycles. The number of carboxylic acid groups (broad SMARTS) is 1. The van der Waals surface area contributed by atoms with Crippen LogP contribution in [0.25, 0.3) is 11.1 Å². The SMILES string of the molecule is O=C=C1C(=C=O)C2=c3ccccc3=C(C(=O)O)C(=C=O)C2C1=C=O. The topological polar surface area (TPSA) is 106 Å². The first-order valence-electron chi connectivity index (χ1n) is 6.69. The van der Waals surface area contributed by atoms with E-state index in [1.807, 2.05) is 0 Å². The molecule has 1 aromatic rings. The molecule has 6 nitrogen and oxygen atoms in total. The third-order valence-electron chi connectivity index (χ3n) is 4.05. The lowest BCUT2D eigenvalue weighted by Gasteiger charge is -2.18. The quantitative estimate of drug-likeness (QED) is 0.649. The first kappa shape index (κ1) is 15.1. The third kappa shape index (κ3) is 1.77. The average Bonchev–Trinajstić information content (AvgIpc) is 2.93. The molecule has 24 heavy (non-hydrogen) atoms. The molecule has 0 heterocycles. The molecule has 0 spiro atoms. The van der Waals surface area contributed by atoms with Gasteiger partial charge in [-0.25, -0.2) is 24.0 Å². The Bertz CT molecular complexity index is 1140. The van der Waals surface area contributed by atoms with E-state index >= 15 is 0 Å². The zero-order valence-corrected chi connectivity index (χ0v) is 11.9. The maximum absolute atomic E-state index is 11.6. The Kier molecular flexibility index (Phi) is 3.44. The summed E-state index contributed by atoms with van der Waals surface area (Å²) in [6.45, 7) is 0. The standard InChI is InChI=1S/C18H6O6/c19-5-11-12(6-20)15-9-3-1-2-4-10(9)17(18(23)24)14(8-22)16(15)13(11)7-21/h1-4,16H,(H,23,24). The molecule has 1 aromatic carbocycles. The average molecular weight is 318 g/mol. The number of carboxylic acids is 1. The molecule has 6 heteroatoms. The molecule has 1 fully saturated rings. The monoisotopic (exact) mass is 318 g/mol. The molecule has 0 radical (unpaired) electrons. The van der Waals surface area contributed by atoms with Gasteiger partial charge in [-0.3, -0.25) is 0 Å². The number of rotatable bonds is 1. The molecular formula is C18H6O6. The third-order valence-corrected chi connectivity index (χ3v) is 4.05. The van der Waals surface area contributed by atoms with Crippen LogP contribution >= 0.6 is 0 Å². The van der Waals surface area contributed by atoms with Gasteiger partial charge in [0.1, 0.15) is 23.8 Å². The van der Waals surface area contributed by atoms with Gasteiger partial charge in [-0.15, -0.1) is 0 Å². The highest BCUT2D eigenvalue weighted by Gasteiger charge is 2.45. The Balaban J connectivity index is 2.72. The molecular weight excluding hydrogens is 312 g/mol. The van der Waals surface area contributed by atoms with E-state index in [4.69, 9.17) is 0 Å². The predicted octanol–water partition coefficient (Wildman–Crippen LogP) is -1.25. The molecule has 0 aliphatic heterocycles. The summed E-state index contributed by atoms with van der Waals surface area (Å²) in [6, 6.07) is 6.18. The maximum Gasteiger partial charge on any atom is 0.337 e. The molecule has 114 valence electrons. The summed E-state index contributed by atoms with van der Waals surface area (Å²) in [6.07, 6.45) is 0. The largest absolute Gasteiger partial charge is 0.478 e. The fourth-order valence-electron chi connectivity index (χ4n) is 3.17. The Morgan fingerprint density at radius 3 is 1.92 bits per heavy atom. The lowest BCUT2D eigenvalue weighted by Crippen LogP contribution is -2.38. The van der Waals surface area contributed by atoms with Crippen molar-refractivity contribution in [2.75, 3.05) is 0 Å². The van der Waals surface area contributed by atoms with Gasteiger partial charge in [-0.2, -0.15) is 0 Å². The van der Waals surface area contributed by atoms with Gasteiger partial charge in [0.25, 0.3) is 0 Å². The van der Waals surface area contributed by atoms with Crippen molar-refractivity contribution in [3.05, 3.63) is 57.0 Å². The molecule has 1 saturated carbocycles. The summed E-state index contributed by atoms with van der Waals surface area (Å²) in [5.41, 5.74) is -1.41. The highest BCUT2D eigenvalue weighted by atomic mass is 16.4. The molecule has 2 aliphatic carbocycles. The minimum atomic E-state index is -1.38. The van der Waals surface area contributed by atoms with Gasteiger partial charge in [-0.05, 0) is 16.0 Å². The van der Waals surface area contributed by atoms with Crippen LogP contribution in [0.15, 0.2) is 46.6 Å². The van der Waals surface area contributed by atoms with E-state index in [0.717, 1.165) is 0 Å². The Morgan fingerprint density at radius 2 is 1.42 bits per heavy atom. The molecule has 2 aliphatic rings. The zero-order chi connectivity index (χ0) is 17.4. The maximum atomic E-state index is 11.6. The molecule has 0 bridgehead atoms. The van der Waals surface area contributed by atoms with Crippen molar-refractivity contribution in [3.8, 4) is 0 Å². The number of benzene rings is 1. The van der Waals surface area contributed by atoms with Gasteiger partial charge in [0.05, 0.1) is 33.8 Å². The van der Waals surface area contributed by atoms with Crippen LogP contribution in [0.2, 0.25) is 0 Å². The molecule has 1 atom stereocenters.